The molecule has 3 nitrogen and oxygen atoms in total. The van der Waals surface area contributed by atoms with E-state index in [1.807, 2.05) is 26.8 Å². The summed E-state index contributed by atoms with van der Waals surface area (Å²) in [6.07, 6.45) is 0. The van der Waals surface area contributed by atoms with E-state index in [9.17, 15) is 4.79 Å². The number of carbonyl (C=O) groups excluding carboxylic acids is 1. The van der Waals surface area contributed by atoms with Gasteiger partial charge in [0.15, 0.2) is 0 Å². The molecule has 88 valence electrons. The van der Waals surface area contributed by atoms with Crippen molar-refractivity contribution >= 4 is 23.2 Å². The summed E-state index contributed by atoms with van der Waals surface area (Å²) in [5, 5.41) is 3.51. The van der Waals surface area contributed by atoms with Gasteiger partial charge in [0.2, 0.25) is 5.91 Å². The molecule has 0 aromatic heterocycles. The Labute approximate surface area is 101 Å². The molecule has 0 saturated heterocycles. The molecule has 1 aromatic carbocycles. The lowest BCUT2D eigenvalue weighted by molar-refractivity contribution is -0.123. The van der Waals surface area contributed by atoms with Crippen LogP contribution in [0.15, 0.2) is 18.2 Å². The number of nitrogens with two attached hydrogens (primary N) is 1. The van der Waals surface area contributed by atoms with Gasteiger partial charge in [-0.15, -0.1) is 0 Å². The van der Waals surface area contributed by atoms with Gasteiger partial charge in [0.25, 0.3) is 0 Å². The monoisotopic (exact) mass is 240 g/mol. The van der Waals surface area contributed by atoms with Crippen LogP contribution in [-0.2, 0) is 4.79 Å². The summed E-state index contributed by atoms with van der Waals surface area (Å²) in [6, 6.07) is 5.36. The average molecular weight is 241 g/mol. The molecule has 3 N–H and O–H groups in total. The average Bonchev–Trinajstić information content (AvgIpc) is 2.22. The third kappa shape index (κ3) is 2.97. The highest BCUT2D eigenvalue weighted by Crippen LogP contribution is 2.22. The quantitative estimate of drug-likeness (QED) is 0.853. The van der Waals surface area contributed by atoms with E-state index in [4.69, 9.17) is 17.3 Å². The molecule has 0 unspecified atom stereocenters. The van der Waals surface area contributed by atoms with Gasteiger partial charge >= 0.3 is 0 Å². The van der Waals surface area contributed by atoms with Gasteiger partial charge in [-0.1, -0.05) is 11.6 Å². The molecule has 0 aliphatic heterocycles. The van der Waals surface area contributed by atoms with Gasteiger partial charge in [-0.25, -0.2) is 0 Å². The van der Waals surface area contributed by atoms with Crippen LogP contribution in [0, 0.1) is 12.3 Å². The zero-order valence-corrected chi connectivity index (χ0v) is 10.6. The van der Waals surface area contributed by atoms with Crippen molar-refractivity contribution in [3.8, 4) is 0 Å². The second-order valence-electron chi connectivity index (χ2n) is 4.50. The van der Waals surface area contributed by atoms with E-state index in [0.29, 0.717) is 11.6 Å². The summed E-state index contributed by atoms with van der Waals surface area (Å²) in [5.74, 6) is -0.0829. The van der Waals surface area contributed by atoms with E-state index in [1.165, 1.54) is 0 Å². The first-order valence-corrected chi connectivity index (χ1v) is 5.52. The SMILES string of the molecule is Cc1cc(Cl)ccc1NC(=O)C(C)(C)CN. The summed E-state index contributed by atoms with van der Waals surface area (Å²) in [7, 11) is 0. The van der Waals surface area contributed by atoms with Crippen molar-refractivity contribution in [1.29, 1.82) is 0 Å². The smallest absolute Gasteiger partial charge is 0.231 e. The van der Waals surface area contributed by atoms with Crippen LogP contribution in [0.3, 0.4) is 0 Å². The lowest BCUT2D eigenvalue weighted by atomic mass is 9.92. The lowest BCUT2D eigenvalue weighted by Gasteiger charge is -2.21. The topological polar surface area (TPSA) is 55.1 Å². The number of anilines is 1. The maximum Gasteiger partial charge on any atom is 0.231 e. The Morgan fingerprint density at radius 3 is 2.62 bits per heavy atom. The van der Waals surface area contributed by atoms with Gasteiger partial charge < -0.3 is 11.1 Å². The minimum Gasteiger partial charge on any atom is -0.329 e. The van der Waals surface area contributed by atoms with E-state index >= 15 is 0 Å². The Balaban J connectivity index is 2.85. The van der Waals surface area contributed by atoms with Crippen molar-refractivity contribution in [3.05, 3.63) is 28.8 Å². The molecule has 0 radical (unpaired) electrons. The van der Waals surface area contributed by atoms with Gasteiger partial charge in [-0.2, -0.15) is 0 Å². The normalized spacial score (nSPS) is 11.3. The second kappa shape index (κ2) is 4.85. The molecule has 0 saturated carbocycles. The molecule has 0 aliphatic carbocycles. The van der Waals surface area contributed by atoms with Crippen LogP contribution >= 0.6 is 11.6 Å². The highest BCUT2D eigenvalue weighted by atomic mass is 35.5. The van der Waals surface area contributed by atoms with Crippen LogP contribution < -0.4 is 11.1 Å². The van der Waals surface area contributed by atoms with Crippen molar-refractivity contribution in [2.75, 3.05) is 11.9 Å². The predicted molar refractivity (Wildman–Crippen MR) is 67.7 cm³/mol. The standard InChI is InChI=1S/C12H17ClN2O/c1-8-6-9(13)4-5-10(8)15-11(16)12(2,3)7-14/h4-6H,7,14H2,1-3H3,(H,15,16). The summed E-state index contributed by atoms with van der Waals surface area (Å²) in [4.78, 5) is 11.9. The lowest BCUT2D eigenvalue weighted by Crippen LogP contribution is -2.37. The first-order valence-electron chi connectivity index (χ1n) is 5.14. The zero-order chi connectivity index (χ0) is 12.3. The van der Waals surface area contributed by atoms with Crippen molar-refractivity contribution in [3.63, 3.8) is 0 Å². The molecule has 0 heterocycles. The predicted octanol–water partition coefficient (Wildman–Crippen LogP) is 2.57. The summed E-state index contributed by atoms with van der Waals surface area (Å²) < 4.78 is 0. The van der Waals surface area contributed by atoms with Gasteiger partial charge in [0.05, 0.1) is 5.41 Å². The molecule has 1 amide bonds. The molecule has 0 spiro atoms. The van der Waals surface area contributed by atoms with E-state index in [2.05, 4.69) is 5.32 Å². The third-order valence-electron chi connectivity index (χ3n) is 2.56. The van der Waals surface area contributed by atoms with Crippen LogP contribution in [0.5, 0.6) is 0 Å². The first-order chi connectivity index (χ1) is 7.36. The van der Waals surface area contributed by atoms with Crippen molar-refractivity contribution in [1.82, 2.24) is 0 Å². The van der Waals surface area contributed by atoms with E-state index < -0.39 is 5.41 Å². The molecule has 16 heavy (non-hydrogen) atoms. The highest BCUT2D eigenvalue weighted by Gasteiger charge is 2.25. The summed E-state index contributed by atoms with van der Waals surface area (Å²) >= 11 is 5.84. The van der Waals surface area contributed by atoms with Gasteiger partial charge in [0.1, 0.15) is 0 Å². The molecule has 0 atom stereocenters. The minimum absolute atomic E-state index is 0.0829. The maximum absolute atomic E-state index is 11.9. The maximum atomic E-state index is 11.9. The summed E-state index contributed by atoms with van der Waals surface area (Å²) in [6.45, 7) is 5.84. The zero-order valence-electron chi connectivity index (χ0n) is 9.80. The molecule has 1 aromatic rings. The molecule has 0 bridgehead atoms. The minimum atomic E-state index is -0.563. The number of carbonyl (C=O) groups is 1. The largest absolute Gasteiger partial charge is 0.329 e. The Kier molecular flexibility index (Phi) is 3.94. The molecular weight excluding hydrogens is 224 g/mol. The highest BCUT2D eigenvalue weighted by molar-refractivity contribution is 6.30. The molecular formula is C12H17ClN2O. The Morgan fingerprint density at radius 2 is 2.12 bits per heavy atom. The second-order valence-corrected chi connectivity index (χ2v) is 4.94. The number of hydrogen-bond donors (Lipinski definition) is 2. The molecule has 1 rings (SSSR count). The number of rotatable bonds is 3. The number of benzene rings is 1. The number of amides is 1. The Bertz CT molecular complexity index is 402. The molecule has 4 heteroatoms. The molecule has 0 fully saturated rings. The fourth-order valence-electron chi connectivity index (χ4n) is 1.15. The van der Waals surface area contributed by atoms with Crippen molar-refractivity contribution < 1.29 is 4.79 Å². The van der Waals surface area contributed by atoms with Gasteiger partial charge in [-0.3, -0.25) is 4.79 Å². The first kappa shape index (κ1) is 13.0. The van der Waals surface area contributed by atoms with Crippen LogP contribution in [0.1, 0.15) is 19.4 Å². The number of hydrogen-bond acceptors (Lipinski definition) is 2. The summed E-state index contributed by atoms with van der Waals surface area (Å²) in [5.41, 5.74) is 6.69. The Morgan fingerprint density at radius 1 is 1.50 bits per heavy atom. The number of halogens is 1. The van der Waals surface area contributed by atoms with Crippen LogP contribution in [0.25, 0.3) is 0 Å². The van der Waals surface area contributed by atoms with E-state index in [-0.39, 0.29) is 5.91 Å². The number of nitrogens with one attached hydrogen (secondary N) is 1. The van der Waals surface area contributed by atoms with Crippen LogP contribution in [0.2, 0.25) is 5.02 Å². The van der Waals surface area contributed by atoms with E-state index in [1.54, 1.807) is 12.1 Å². The van der Waals surface area contributed by atoms with Crippen LogP contribution in [-0.4, -0.2) is 12.5 Å². The van der Waals surface area contributed by atoms with Crippen LogP contribution in [0.4, 0.5) is 5.69 Å². The fraction of sp³-hybridized carbons (Fsp3) is 0.417. The van der Waals surface area contributed by atoms with E-state index in [0.717, 1.165) is 11.3 Å². The number of aryl methyl sites for hydroxylation is 1. The third-order valence-corrected chi connectivity index (χ3v) is 2.80. The van der Waals surface area contributed by atoms with Crippen molar-refractivity contribution in [2.24, 2.45) is 11.1 Å². The molecule has 0 aliphatic rings. The van der Waals surface area contributed by atoms with Crippen molar-refractivity contribution in [2.45, 2.75) is 20.8 Å². The fourth-order valence-corrected chi connectivity index (χ4v) is 1.38. The Hall–Kier alpha value is -1.06. The van der Waals surface area contributed by atoms with Gasteiger partial charge in [-0.05, 0) is 44.5 Å². The van der Waals surface area contributed by atoms with Gasteiger partial charge in [0, 0.05) is 17.3 Å².